The summed E-state index contributed by atoms with van der Waals surface area (Å²) in [5, 5.41) is 14.6. The number of anilines is 2. The second-order valence-corrected chi connectivity index (χ2v) is 6.71. The van der Waals surface area contributed by atoms with Crippen LogP contribution >= 0.6 is 0 Å². The van der Waals surface area contributed by atoms with Crippen LogP contribution in [-0.4, -0.2) is 21.2 Å². The lowest BCUT2D eigenvalue weighted by Gasteiger charge is -2.04. The van der Waals surface area contributed by atoms with Gasteiger partial charge in [0.05, 0.1) is 17.1 Å². The summed E-state index contributed by atoms with van der Waals surface area (Å²) in [6, 6.07) is 21.3. The number of aryl methyl sites for hydroxylation is 1. The van der Waals surface area contributed by atoms with Crippen molar-refractivity contribution in [2.45, 2.75) is 6.92 Å². The summed E-state index contributed by atoms with van der Waals surface area (Å²) in [5.74, 6) is -0.823. The molecule has 2 aromatic heterocycles. The van der Waals surface area contributed by atoms with Gasteiger partial charge in [-0.15, -0.1) is 0 Å². The molecule has 0 fully saturated rings. The van der Waals surface area contributed by atoms with E-state index in [0.29, 0.717) is 22.5 Å². The standard InChI is InChI=1S/C23H17N5O2/c1-15-8-10-17(11-9-15)25-22(29)20-19-7-2-3-12-28(19)21(27-20)23(30)26-18-6-4-5-16(13-18)14-24/h2-13H,1H3,(H,25,29)(H,26,30). The molecule has 0 radical (unpaired) electrons. The predicted octanol–water partition coefficient (Wildman–Crippen LogP) is 4.02. The molecule has 0 bridgehead atoms. The van der Waals surface area contributed by atoms with Crippen molar-refractivity contribution in [1.82, 2.24) is 9.38 Å². The van der Waals surface area contributed by atoms with Crippen LogP contribution < -0.4 is 10.6 Å². The lowest BCUT2D eigenvalue weighted by atomic mass is 10.2. The number of nitriles is 1. The number of aromatic nitrogens is 2. The van der Waals surface area contributed by atoms with Crippen molar-refractivity contribution in [3.05, 3.63) is 95.6 Å². The van der Waals surface area contributed by atoms with Crippen molar-refractivity contribution < 1.29 is 9.59 Å². The number of rotatable bonds is 4. The van der Waals surface area contributed by atoms with Gasteiger partial charge in [-0.2, -0.15) is 5.26 Å². The van der Waals surface area contributed by atoms with Crippen LogP contribution in [-0.2, 0) is 0 Å². The number of pyridine rings is 1. The van der Waals surface area contributed by atoms with E-state index in [4.69, 9.17) is 5.26 Å². The van der Waals surface area contributed by atoms with Crippen molar-refractivity contribution in [3.63, 3.8) is 0 Å². The first-order valence-corrected chi connectivity index (χ1v) is 9.22. The Hall–Kier alpha value is -4.44. The summed E-state index contributed by atoms with van der Waals surface area (Å²) in [6.45, 7) is 1.96. The van der Waals surface area contributed by atoms with Crippen LogP contribution in [0.1, 0.15) is 32.2 Å². The van der Waals surface area contributed by atoms with E-state index in [1.807, 2.05) is 25.1 Å². The summed E-state index contributed by atoms with van der Waals surface area (Å²) in [6.07, 6.45) is 1.67. The molecule has 30 heavy (non-hydrogen) atoms. The van der Waals surface area contributed by atoms with Crippen LogP contribution in [0, 0.1) is 18.3 Å². The van der Waals surface area contributed by atoms with Crippen molar-refractivity contribution in [3.8, 4) is 6.07 Å². The van der Waals surface area contributed by atoms with Crippen LogP contribution in [0.5, 0.6) is 0 Å². The summed E-state index contributed by atoms with van der Waals surface area (Å²) < 4.78 is 1.56. The maximum absolute atomic E-state index is 12.9. The molecule has 4 rings (SSSR count). The number of carbonyl (C=O) groups is 2. The Bertz CT molecular complexity index is 1300. The van der Waals surface area contributed by atoms with Gasteiger partial charge in [-0.3, -0.25) is 14.0 Å². The molecule has 4 aromatic rings. The average molecular weight is 395 g/mol. The molecule has 0 unspecified atom stereocenters. The SMILES string of the molecule is Cc1ccc(NC(=O)c2nc(C(=O)Nc3cccc(C#N)c3)n3ccccc23)cc1. The summed E-state index contributed by atoms with van der Waals surface area (Å²) in [7, 11) is 0. The summed E-state index contributed by atoms with van der Waals surface area (Å²) in [5.41, 5.74) is 3.28. The number of hydrogen-bond donors (Lipinski definition) is 2. The summed E-state index contributed by atoms with van der Waals surface area (Å²) >= 11 is 0. The van der Waals surface area contributed by atoms with Gasteiger partial charge >= 0.3 is 0 Å². The van der Waals surface area contributed by atoms with E-state index < -0.39 is 11.8 Å². The second-order valence-electron chi connectivity index (χ2n) is 6.71. The first-order chi connectivity index (χ1) is 14.5. The Morgan fingerprint density at radius 3 is 2.47 bits per heavy atom. The fraction of sp³-hybridized carbons (Fsp3) is 0.0435. The lowest BCUT2D eigenvalue weighted by molar-refractivity contribution is 0.101. The van der Waals surface area contributed by atoms with E-state index in [-0.39, 0.29) is 11.5 Å². The minimum absolute atomic E-state index is 0.0713. The fourth-order valence-corrected chi connectivity index (χ4v) is 3.05. The molecule has 0 saturated carbocycles. The minimum atomic E-state index is -0.485. The third-order valence-electron chi connectivity index (χ3n) is 4.53. The molecule has 0 spiro atoms. The molecule has 2 aromatic carbocycles. The Balaban J connectivity index is 1.66. The zero-order chi connectivity index (χ0) is 21.1. The number of amides is 2. The number of nitrogens with zero attached hydrogens (tertiary/aromatic N) is 3. The molecule has 2 N–H and O–H groups in total. The highest BCUT2D eigenvalue weighted by Gasteiger charge is 2.21. The highest BCUT2D eigenvalue weighted by Crippen LogP contribution is 2.18. The largest absolute Gasteiger partial charge is 0.321 e. The monoisotopic (exact) mass is 395 g/mol. The first-order valence-electron chi connectivity index (χ1n) is 9.22. The minimum Gasteiger partial charge on any atom is -0.321 e. The topological polar surface area (TPSA) is 99.3 Å². The van der Waals surface area contributed by atoms with Crippen molar-refractivity contribution in [1.29, 1.82) is 5.26 Å². The third kappa shape index (κ3) is 3.75. The van der Waals surface area contributed by atoms with Crippen LogP contribution in [0.2, 0.25) is 0 Å². The van der Waals surface area contributed by atoms with E-state index in [1.54, 1.807) is 65.2 Å². The van der Waals surface area contributed by atoms with Crippen LogP contribution in [0.25, 0.3) is 5.52 Å². The summed E-state index contributed by atoms with van der Waals surface area (Å²) in [4.78, 5) is 30.0. The number of nitrogens with one attached hydrogen (secondary N) is 2. The van der Waals surface area contributed by atoms with Gasteiger partial charge in [0.15, 0.2) is 5.69 Å². The van der Waals surface area contributed by atoms with E-state index in [9.17, 15) is 9.59 Å². The molecular weight excluding hydrogens is 378 g/mol. The molecule has 0 aliphatic rings. The number of fused-ring (bicyclic) bond motifs is 1. The number of imidazole rings is 1. The van der Waals surface area contributed by atoms with Crippen molar-refractivity contribution in [2.75, 3.05) is 10.6 Å². The average Bonchev–Trinajstić information content (AvgIpc) is 3.15. The van der Waals surface area contributed by atoms with E-state index >= 15 is 0 Å². The fourth-order valence-electron chi connectivity index (χ4n) is 3.05. The molecule has 2 heterocycles. The van der Waals surface area contributed by atoms with Gasteiger partial charge in [0, 0.05) is 17.6 Å². The predicted molar refractivity (Wildman–Crippen MR) is 113 cm³/mol. The quantitative estimate of drug-likeness (QED) is 0.545. The Morgan fingerprint density at radius 2 is 1.70 bits per heavy atom. The molecular formula is C23H17N5O2. The van der Waals surface area contributed by atoms with Gasteiger partial charge in [-0.1, -0.05) is 29.8 Å². The number of benzene rings is 2. The molecule has 7 heteroatoms. The van der Waals surface area contributed by atoms with Crippen molar-refractivity contribution >= 4 is 28.7 Å². The van der Waals surface area contributed by atoms with Gasteiger partial charge in [-0.25, -0.2) is 4.98 Å². The van der Waals surface area contributed by atoms with Crippen LogP contribution in [0.15, 0.2) is 72.9 Å². The van der Waals surface area contributed by atoms with Crippen LogP contribution in [0.3, 0.4) is 0 Å². The van der Waals surface area contributed by atoms with Gasteiger partial charge < -0.3 is 10.6 Å². The Kier molecular flexibility index (Phi) is 4.97. The Labute approximate surface area is 172 Å². The smallest absolute Gasteiger partial charge is 0.292 e. The molecule has 0 atom stereocenters. The first kappa shape index (κ1) is 18.9. The van der Waals surface area contributed by atoms with E-state index in [1.165, 1.54) is 0 Å². The molecule has 0 saturated heterocycles. The van der Waals surface area contributed by atoms with Gasteiger partial charge in [0.2, 0.25) is 5.82 Å². The van der Waals surface area contributed by atoms with E-state index in [0.717, 1.165) is 5.56 Å². The highest BCUT2D eigenvalue weighted by atomic mass is 16.2. The molecule has 7 nitrogen and oxygen atoms in total. The van der Waals surface area contributed by atoms with Crippen molar-refractivity contribution in [2.24, 2.45) is 0 Å². The highest BCUT2D eigenvalue weighted by molar-refractivity contribution is 6.10. The van der Waals surface area contributed by atoms with Gasteiger partial charge in [0.1, 0.15) is 0 Å². The lowest BCUT2D eigenvalue weighted by Crippen LogP contribution is -2.16. The number of hydrogen-bond acceptors (Lipinski definition) is 4. The Morgan fingerprint density at radius 1 is 0.933 bits per heavy atom. The molecule has 0 aliphatic heterocycles. The number of carbonyl (C=O) groups excluding carboxylic acids is 2. The molecule has 2 amide bonds. The molecule has 146 valence electrons. The van der Waals surface area contributed by atoms with E-state index in [2.05, 4.69) is 15.6 Å². The zero-order valence-corrected chi connectivity index (χ0v) is 16.1. The van der Waals surface area contributed by atoms with Crippen LogP contribution in [0.4, 0.5) is 11.4 Å². The third-order valence-corrected chi connectivity index (χ3v) is 4.53. The molecule has 0 aliphatic carbocycles. The normalized spacial score (nSPS) is 10.4. The maximum Gasteiger partial charge on any atom is 0.292 e. The second kappa shape index (κ2) is 7.89. The zero-order valence-electron chi connectivity index (χ0n) is 16.1. The van der Waals surface area contributed by atoms with Gasteiger partial charge in [0.25, 0.3) is 11.8 Å². The maximum atomic E-state index is 12.9. The van der Waals surface area contributed by atoms with Gasteiger partial charge in [-0.05, 0) is 49.4 Å².